The van der Waals surface area contributed by atoms with Crippen molar-refractivity contribution in [2.45, 2.75) is 19.8 Å². The summed E-state index contributed by atoms with van der Waals surface area (Å²) < 4.78 is 5.10. The number of aryl methyl sites for hydroxylation is 1. The average molecular weight is 223 g/mol. The summed E-state index contributed by atoms with van der Waals surface area (Å²) in [6.45, 7) is 2.65. The van der Waals surface area contributed by atoms with Crippen LogP contribution in [0.25, 0.3) is 0 Å². The van der Waals surface area contributed by atoms with Crippen molar-refractivity contribution >= 4 is 11.7 Å². The zero-order valence-corrected chi connectivity index (χ0v) is 9.62. The van der Waals surface area contributed by atoms with Crippen LogP contribution >= 0.6 is 0 Å². The minimum Gasteiger partial charge on any atom is -0.497 e. The first-order valence-corrected chi connectivity index (χ1v) is 5.24. The molecule has 4 heteroatoms. The molecule has 0 aliphatic carbocycles. The van der Waals surface area contributed by atoms with Gasteiger partial charge in [-0.2, -0.15) is 0 Å². The molecule has 0 aliphatic heterocycles. The number of carbonyl (C=O) groups is 1. The number of carboxylic acids is 1. The molecule has 0 aliphatic rings. The van der Waals surface area contributed by atoms with Crippen molar-refractivity contribution in [3.8, 4) is 5.75 Å². The second kappa shape index (κ2) is 6.00. The van der Waals surface area contributed by atoms with Crippen molar-refractivity contribution in [1.29, 1.82) is 0 Å². The molecule has 88 valence electrons. The zero-order valence-electron chi connectivity index (χ0n) is 9.62. The minimum absolute atomic E-state index is 0.197. The van der Waals surface area contributed by atoms with E-state index in [-0.39, 0.29) is 6.42 Å². The highest BCUT2D eigenvalue weighted by molar-refractivity contribution is 5.66. The Labute approximate surface area is 95.2 Å². The number of carboxylic acid groups (broad SMARTS) is 1. The fourth-order valence-electron chi connectivity index (χ4n) is 1.42. The lowest BCUT2D eigenvalue weighted by molar-refractivity contribution is -0.137. The van der Waals surface area contributed by atoms with Gasteiger partial charge < -0.3 is 15.2 Å². The molecule has 0 bridgehead atoms. The van der Waals surface area contributed by atoms with Crippen LogP contribution < -0.4 is 10.1 Å². The molecule has 0 radical (unpaired) electrons. The molecule has 0 amide bonds. The average Bonchev–Trinajstić information content (AvgIpc) is 2.25. The molecule has 0 aromatic heterocycles. The van der Waals surface area contributed by atoms with E-state index >= 15 is 0 Å². The first-order chi connectivity index (χ1) is 7.63. The Bertz CT molecular complexity index is 363. The lowest BCUT2D eigenvalue weighted by atomic mass is 10.2. The number of rotatable bonds is 6. The molecule has 0 heterocycles. The molecule has 0 saturated carbocycles. The van der Waals surface area contributed by atoms with Crippen LogP contribution in [0.4, 0.5) is 5.69 Å². The number of hydrogen-bond donors (Lipinski definition) is 2. The van der Waals surface area contributed by atoms with E-state index in [4.69, 9.17) is 9.84 Å². The summed E-state index contributed by atoms with van der Waals surface area (Å²) in [5, 5.41) is 11.7. The largest absolute Gasteiger partial charge is 0.497 e. The topological polar surface area (TPSA) is 58.6 Å². The van der Waals surface area contributed by atoms with Gasteiger partial charge in [-0.15, -0.1) is 0 Å². The van der Waals surface area contributed by atoms with Gasteiger partial charge in [0.1, 0.15) is 5.75 Å². The van der Waals surface area contributed by atoms with Crippen LogP contribution in [0.3, 0.4) is 0 Å². The van der Waals surface area contributed by atoms with Gasteiger partial charge in [-0.3, -0.25) is 4.79 Å². The molecular formula is C12H17NO3. The fourth-order valence-corrected chi connectivity index (χ4v) is 1.42. The number of anilines is 1. The van der Waals surface area contributed by atoms with Gasteiger partial charge in [0, 0.05) is 18.7 Å². The van der Waals surface area contributed by atoms with Gasteiger partial charge in [-0.05, 0) is 37.1 Å². The van der Waals surface area contributed by atoms with Crippen molar-refractivity contribution in [3.63, 3.8) is 0 Å². The molecule has 1 rings (SSSR count). The second-order valence-corrected chi connectivity index (χ2v) is 3.60. The number of hydrogen-bond acceptors (Lipinski definition) is 3. The predicted molar refractivity (Wildman–Crippen MR) is 63.1 cm³/mol. The first-order valence-electron chi connectivity index (χ1n) is 5.24. The van der Waals surface area contributed by atoms with E-state index in [2.05, 4.69) is 5.32 Å². The van der Waals surface area contributed by atoms with Crippen molar-refractivity contribution in [3.05, 3.63) is 23.8 Å². The quantitative estimate of drug-likeness (QED) is 0.726. The normalized spacial score (nSPS) is 9.88. The summed E-state index contributed by atoms with van der Waals surface area (Å²) in [6.07, 6.45) is 0.822. The Kier molecular flexibility index (Phi) is 4.64. The van der Waals surface area contributed by atoms with E-state index in [0.29, 0.717) is 13.0 Å². The number of aliphatic carboxylic acids is 1. The van der Waals surface area contributed by atoms with Crippen molar-refractivity contribution < 1.29 is 14.6 Å². The summed E-state index contributed by atoms with van der Waals surface area (Å²) in [5.41, 5.74) is 2.11. The highest BCUT2D eigenvalue weighted by Gasteiger charge is 2.00. The van der Waals surface area contributed by atoms with Gasteiger partial charge in [-0.1, -0.05) is 0 Å². The Balaban J connectivity index is 2.45. The standard InChI is InChI=1S/C12H17NO3/c1-9-8-10(16-2)5-6-11(9)13-7-3-4-12(14)15/h5-6,8,13H,3-4,7H2,1-2H3,(H,14,15). The van der Waals surface area contributed by atoms with Crippen LogP contribution in [-0.2, 0) is 4.79 Å². The van der Waals surface area contributed by atoms with Gasteiger partial charge in [-0.25, -0.2) is 0 Å². The third-order valence-corrected chi connectivity index (χ3v) is 2.32. The fraction of sp³-hybridized carbons (Fsp3) is 0.417. The van der Waals surface area contributed by atoms with E-state index in [9.17, 15) is 4.79 Å². The summed E-state index contributed by atoms with van der Waals surface area (Å²) in [4.78, 5) is 10.3. The van der Waals surface area contributed by atoms with Crippen LogP contribution in [0.1, 0.15) is 18.4 Å². The van der Waals surface area contributed by atoms with Gasteiger partial charge in [0.2, 0.25) is 0 Å². The maximum Gasteiger partial charge on any atom is 0.303 e. The van der Waals surface area contributed by atoms with Gasteiger partial charge in [0.05, 0.1) is 7.11 Å². The number of ether oxygens (including phenoxy) is 1. The monoisotopic (exact) mass is 223 g/mol. The van der Waals surface area contributed by atoms with Crippen molar-refractivity contribution in [2.75, 3.05) is 19.0 Å². The molecule has 0 atom stereocenters. The Morgan fingerprint density at radius 2 is 2.25 bits per heavy atom. The number of benzene rings is 1. The summed E-state index contributed by atoms with van der Waals surface area (Å²) in [6, 6.07) is 5.76. The zero-order chi connectivity index (χ0) is 12.0. The van der Waals surface area contributed by atoms with Gasteiger partial charge in [0.25, 0.3) is 0 Å². The van der Waals surface area contributed by atoms with Gasteiger partial charge >= 0.3 is 5.97 Å². The lowest BCUT2D eigenvalue weighted by Crippen LogP contribution is -2.05. The molecule has 0 fully saturated rings. The van der Waals surface area contributed by atoms with Crippen LogP contribution in [0, 0.1) is 6.92 Å². The molecule has 0 saturated heterocycles. The van der Waals surface area contributed by atoms with E-state index in [0.717, 1.165) is 17.0 Å². The Hall–Kier alpha value is -1.71. The van der Waals surface area contributed by atoms with E-state index in [1.807, 2.05) is 25.1 Å². The van der Waals surface area contributed by atoms with Crippen LogP contribution in [-0.4, -0.2) is 24.7 Å². The SMILES string of the molecule is COc1ccc(NCCCC(=O)O)c(C)c1. The lowest BCUT2D eigenvalue weighted by Gasteiger charge is -2.10. The van der Waals surface area contributed by atoms with Crippen molar-refractivity contribution in [1.82, 2.24) is 0 Å². The number of nitrogens with one attached hydrogen (secondary N) is 1. The third-order valence-electron chi connectivity index (χ3n) is 2.32. The smallest absolute Gasteiger partial charge is 0.303 e. The van der Waals surface area contributed by atoms with Crippen LogP contribution in [0.5, 0.6) is 5.75 Å². The van der Waals surface area contributed by atoms with Crippen LogP contribution in [0.15, 0.2) is 18.2 Å². The maximum atomic E-state index is 10.3. The molecule has 0 unspecified atom stereocenters. The van der Waals surface area contributed by atoms with E-state index in [1.165, 1.54) is 0 Å². The molecule has 1 aromatic carbocycles. The molecule has 0 spiro atoms. The molecular weight excluding hydrogens is 206 g/mol. The summed E-state index contributed by atoms with van der Waals surface area (Å²) in [5.74, 6) is 0.0711. The molecule has 2 N–H and O–H groups in total. The Morgan fingerprint density at radius 1 is 1.50 bits per heavy atom. The second-order valence-electron chi connectivity index (χ2n) is 3.60. The highest BCUT2D eigenvalue weighted by Crippen LogP contribution is 2.20. The highest BCUT2D eigenvalue weighted by atomic mass is 16.5. The maximum absolute atomic E-state index is 10.3. The predicted octanol–water partition coefficient (Wildman–Crippen LogP) is 2.28. The third kappa shape index (κ3) is 3.81. The van der Waals surface area contributed by atoms with Crippen LogP contribution in [0.2, 0.25) is 0 Å². The summed E-state index contributed by atoms with van der Waals surface area (Å²) >= 11 is 0. The Morgan fingerprint density at radius 3 is 2.81 bits per heavy atom. The first kappa shape index (κ1) is 12.4. The summed E-state index contributed by atoms with van der Waals surface area (Å²) in [7, 11) is 1.63. The van der Waals surface area contributed by atoms with Gasteiger partial charge in [0.15, 0.2) is 0 Å². The van der Waals surface area contributed by atoms with E-state index in [1.54, 1.807) is 7.11 Å². The molecule has 16 heavy (non-hydrogen) atoms. The molecule has 4 nitrogen and oxygen atoms in total. The minimum atomic E-state index is -0.756. The molecule has 1 aromatic rings. The van der Waals surface area contributed by atoms with E-state index < -0.39 is 5.97 Å². The van der Waals surface area contributed by atoms with Crippen molar-refractivity contribution in [2.24, 2.45) is 0 Å². The number of methoxy groups -OCH3 is 1.